The molecule has 0 aliphatic carbocycles. The van der Waals surface area contributed by atoms with Crippen molar-refractivity contribution in [3.63, 3.8) is 0 Å². The van der Waals surface area contributed by atoms with E-state index in [-0.39, 0.29) is 12.4 Å². The second kappa shape index (κ2) is 6.69. The molecule has 1 aromatic rings. The third-order valence-corrected chi connectivity index (χ3v) is 2.85. The molecule has 2 rings (SSSR count). The minimum Gasteiger partial charge on any atom is -0.497 e. The number of methoxy groups -OCH3 is 2. The molecule has 0 unspecified atom stereocenters. The number of ether oxygens (including phenoxy) is 2. The summed E-state index contributed by atoms with van der Waals surface area (Å²) >= 11 is 0. The molecule has 1 aliphatic heterocycles. The van der Waals surface area contributed by atoms with Gasteiger partial charge in [-0.2, -0.15) is 0 Å². The molecule has 2 N–H and O–H groups in total. The lowest BCUT2D eigenvalue weighted by atomic mass is 10.0. The molecule has 5 heteroatoms. The van der Waals surface area contributed by atoms with Crippen molar-refractivity contribution in [2.75, 3.05) is 33.9 Å². The first kappa shape index (κ1) is 14.1. The SMILES string of the molecule is COc1ccc(OC)c([C@@H]2CNCCN2)c1.Cl. The van der Waals surface area contributed by atoms with Crippen LogP contribution in [-0.4, -0.2) is 33.9 Å². The second-order valence-corrected chi connectivity index (χ2v) is 3.82. The lowest BCUT2D eigenvalue weighted by molar-refractivity contribution is 0.375. The molecule has 4 nitrogen and oxygen atoms in total. The minimum absolute atomic E-state index is 0. The topological polar surface area (TPSA) is 42.5 Å². The van der Waals surface area contributed by atoms with E-state index < -0.39 is 0 Å². The van der Waals surface area contributed by atoms with E-state index in [2.05, 4.69) is 10.6 Å². The third kappa shape index (κ3) is 3.25. The van der Waals surface area contributed by atoms with Crippen molar-refractivity contribution in [1.29, 1.82) is 0 Å². The van der Waals surface area contributed by atoms with Crippen molar-refractivity contribution in [3.8, 4) is 11.5 Å². The lowest BCUT2D eigenvalue weighted by Crippen LogP contribution is -2.42. The minimum atomic E-state index is 0. The maximum absolute atomic E-state index is 5.37. The first-order chi connectivity index (χ1) is 7.85. The van der Waals surface area contributed by atoms with Crippen LogP contribution in [0.4, 0.5) is 0 Å². The monoisotopic (exact) mass is 258 g/mol. The number of halogens is 1. The molecule has 96 valence electrons. The van der Waals surface area contributed by atoms with E-state index in [0.29, 0.717) is 6.04 Å². The van der Waals surface area contributed by atoms with Crippen LogP contribution in [0.3, 0.4) is 0 Å². The van der Waals surface area contributed by atoms with Crippen LogP contribution >= 0.6 is 12.4 Å². The standard InChI is InChI=1S/C12H18N2O2.ClH/c1-15-9-3-4-12(16-2)10(7-9)11-8-13-5-6-14-11;/h3-4,7,11,13-14H,5-6,8H2,1-2H3;1H/t11-;/m0./s1. The van der Waals surface area contributed by atoms with Crippen LogP contribution in [0.2, 0.25) is 0 Å². The van der Waals surface area contributed by atoms with E-state index in [4.69, 9.17) is 9.47 Å². The van der Waals surface area contributed by atoms with Crippen molar-refractivity contribution in [3.05, 3.63) is 23.8 Å². The molecule has 0 spiro atoms. The zero-order chi connectivity index (χ0) is 11.4. The molecule has 1 saturated heterocycles. The average Bonchev–Trinajstić information content (AvgIpc) is 2.39. The van der Waals surface area contributed by atoms with Gasteiger partial charge >= 0.3 is 0 Å². The highest BCUT2D eigenvalue weighted by Crippen LogP contribution is 2.29. The third-order valence-electron chi connectivity index (χ3n) is 2.85. The fourth-order valence-corrected chi connectivity index (χ4v) is 1.98. The van der Waals surface area contributed by atoms with Crippen molar-refractivity contribution in [2.24, 2.45) is 0 Å². The zero-order valence-corrected chi connectivity index (χ0v) is 11.0. The summed E-state index contributed by atoms with van der Waals surface area (Å²) < 4.78 is 10.6. The highest BCUT2D eigenvalue weighted by molar-refractivity contribution is 5.85. The Kier molecular flexibility index (Phi) is 5.55. The van der Waals surface area contributed by atoms with Gasteiger partial charge in [-0.25, -0.2) is 0 Å². The fraction of sp³-hybridized carbons (Fsp3) is 0.500. The highest BCUT2D eigenvalue weighted by atomic mass is 35.5. The summed E-state index contributed by atoms with van der Waals surface area (Å²) in [5, 5.41) is 6.83. The van der Waals surface area contributed by atoms with Crippen molar-refractivity contribution < 1.29 is 9.47 Å². The molecule has 0 saturated carbocycles. The van der Waals surface area contributed by atoms with Gasteiger partial charge in [0.2, 0.25) is 0 Å². The molecule has 1 fully saturated rings. The Balaban J connectivity index is 0.00000144. The van der Waals surface area contributed by atoms with Gasteiger partial charge in [0.05, 0.1) is 14.2 Å². The average molecular weight is 259 g/mol. The Bertz CT molecular complexity index is 354. The number of hydrogen-bond donors (Lipinski definition) is 2. The summed E-state index contributed by atoms with van der Waals surface area (Å²) in [5.41, 5.74) is 1.15. The van der Waals surface area contributed by atoms with Gasteiger partial charge in [-0.05, 0) is 18.2 Å². The van der Waals surface area contributed by atoms with Gasteiger partial charge in [0.1, 0.15) is 11.5 Å². The fourth-order valence-electron chi connectivity index (χ4n) is 1.98. The van der Waals surface area contributed by atoms with Crippen molar-refractivity contribution in [1.82, 2.24) is 10.6 Å². The van der Waals surface area contributed by atoms with Crippen LogP contribution in [0.1, 0.15) is 11.6 Å². The van der Waals surface area contributed by atoms with Gasteiger partial charge < -0.3 is 20.1 Å². The van der Waals surface area contributed by atoms with Gasteiger partial charge in [0, 0.05) is 31.2 Å². The maximum Gasteiger partial charge on any atom is 0.123 e. The van der Waals surface area contributed by atoms with Crippen LogP contribution in [0.25, 0.3) is 0 Å². The van der Waals surface area contributed by atoms with Crippen LogP contribution in [0.5, 0.6) is 11.5 Å². The van der Waals surface area contributed by atoms with Crippen LogP contribution in [0, 0.1) is 0 Å². The number of piperazine rings is 1. The Hall–Kier alpha value is -0.970. The summed E-state index contributed by atoms with van der Waals surface area (Å²) in [5.74, 6) is 1.77. The highest BCUT2D eigenvalue weighted by Gasteiger charge is 2.18. The largest absolute Gasteiger partial charge is 0.497 e. The number of hydrogen-bond acceptors (Lipinski definition) is 4. The summed E-state index contributed by atoms with van der Waals surface area (Å²) in [4.78, 5) is 0. The zero-order valence-electron chi connectivity index (χ0n) is 10.2. The number of benzene rings is 1. The molecular formula is C12H19ClN2O2. The molecule has 1 aromatic carbocycles. The Morgan fingerprint density at radius 2 is 2.00 bits per heavy atom. The Labute approximate surface area is 108 Å². The quantitative estimate of drug-likeness (QED) is 0.859. The van der Waals surface area contributed by atoms with Gasteiger partial charge in [-0.15, -0.1) is 12.4 Å². The first-order valence-electron chi connectivity index (χ1n) is 5.51. The molecule has 0 radical (unpaired) electrons. The van der Waals surface area contributed by atoms with Crippen LogP contribution in [0.15, 0.2) is 18.2 Å². The van der Waals surface area contributed by atoms with Crippen molar-refractivity contribution in [2.45, 2.75) is 6.04 Å². The molecule has 1 atom stereocenters. The molecule has 0 bridgehead atoms. The molecule has 0 amide bonds. The van der Waals surface area contributed by atoms with E-state index in [0.717, 1.165) is 36.7 Å². The molecule has 1 aliphatic rings. The van der Waals surface area contributed by atoms with Crippen LogP contribution < -0.4 is 20.1 Å². The van der Waals surface area contributed by atoms with E-state index >= 15 is 0 Å². The van der Waals surface area contributed by atoms with E-state index in [1.54, 1.807) is 14.2 Å². The van der Waals surface area contributed by atoms with E-state index in [1.807, 2.05) is 18.2 Å². The predicted octanol–water partition coefficient (Wildman–Crippen LogP) is 1.36. The molecule has 17 heavy (non-hydrogen) atoms. The maximum atomic E-state index is 5.37. The molecule has 1 heterocycles. The predicted molar refractivity (Wildman–Crippen MR) is 70.4 cm³/mol. The van der Waals surface area contributed by atoms with Crippen LogP contribution in [-0.2, 0) is 0 Å². The lowest BCUT2D eigenvalue weighted by Gasteiger charge is -2.26. The Morgan fingerprint density at radius 3 is 2.59 bits per heavy atom. The van der Waals surface area contributed by atoms with Gasteiger partial charge in [0.15, 0.2) is 0 Å². The Morgan fingerprint density at radius 1 is 1.18 bits per heavy atom. The summed E-state index contributed by atoms with van der Waals surface area (Å²) in [6, 6.07) is 6.19. The second-order valence-electron chi connectivity index (χ2n) is 3.82. The van der Waals surface area contributed by atoms with E-state index in [9.17, 15) is 0 Å². The van der Waals surface area contributed by atoms with Crippen molar-refractivity contribution >= 4 is 12.4 Å². The van der Waals surface area contributed by atoms with Gasteiger partial charge in [0.25, 0.3) is 0 Å². The van der Waals surface area contributed by atoms with Gasteiger partial charge in [-0.1, -0.05) is 0 Å². The first-order valence-corrected chi connectivity index (χ1v) is 5.51. The summed E-state index contributed by atoms with van der Waals surface area (Å²) in [6.07, 6.45) is 0. The number of rotatable bonds is 3. The molecule has 0 aromatic heterocycles. The molecular weight excluding hydrogens is 240 g/mol. The summed E-state index contributed by atoms with van der Waals surface area (Å²) in [6.45, 7) is 2.91. The van der Waals surface area contributed by atoms with Gasteiger partial charge in [-0.3, -0.25) is 0 Å². The smallest absolute Gasteiger partial charge is 0.123 e. The normalized spacial score (nSPS) is 19.3. The van der Waals surface area contributed by atoms with E-state index in [1.165, 1.54) is 0 Å². The number of nitrogens with one attached hydrogen (secondary N) is 2. The summed E-state index contributed by atoms with van der Waals surface area (Å²) in [7, 11) is 3.37.